The van der Waals surface area contributed by atoms with Crippen molar-refractivity contribution >= 4 is 29.2 Å². The summed E-state index contributed by atoms with van der Waals surface area (Å²) in [6.07, 6.45) is 1.30. The summed E-state index contributed by atoms with van der Waals surface area (Å²) >= 11 is 5.72. The van der Waals surface area contributed by atoms with Crippen LogP contribution in [0.5, 0.6) is 0 Å². The highest BCUT2D eigenvalue weighted by Crippen LogP contribution is 2.24. The van der Waals surface area contributed by atoms with E-state index in [2.05, 4.69) is 10.3 Å². The van der Waals surface area contributed by atoms with E-state index in [0.717, 1.165) is 6.42 Å². The van der Waals surface area contributed by atoms with E-state index in [1.807, 2.05) is 6.92 Å². The van der Waals surface area contributed by atoms with Gasteiger partial charge < -0.3 is 15.0 Å². The Morgan fingerprint density at radius 3 is 2.67 bits per heavy atom. The summed E-state index contributed by atoms with van der Waals surface area (Å²) < 4.78 is 18.0. The van der Waals surface area contributed by atoms with Crippen molar-refractivity contribution in [2.75, 3.05) is 12.4 Å². The fraction of sp³-hybridized carbons (Fsp3) is 0.294. The number of hydrogen-bond donors (Lipinski definition) is 2. The molecule has 0 atom stereocenters. The molecule has 0 spiro atoms. The Balaban J connectivity index is 2.37. The average molecular weight is 353 g/mol. The van der Waals surface area contributed by atoms with Crippen molar-refractivity contribution in [1.29, 1.82) is 0 Å². The van der Waals surface area contributed by atoms with Gasteiger partial charge in [0.05, 0.1) is 17.7 Å². The van der Waals surface area contributed by atoms with Crippen molar-refractivity contribution < 1.29 is 18.7 Å². The molecule has 0 radical (unpaired) electrons. The van der Waals surface area contributed by atoms with Crippen molar-refractivity contribution in [1.82, 2.24) is 4.98 Å². The first kappa shape index (κ1) is 18.0. The molecule has 0 saturated heterocycles. The number of methoxy groups -OCH3 is 1. The van der Waals surface area contributed by atoms with Gasteiger partial charge in [0.1, 0.15) is 11.5 Å². The number of anilines is 1. The lowest BCUT2D eigenvalue weighted by Crippen LogP contribution is -2.15. The summed E-state index contributed by atoms with van der Waals surface area (Å²) in [5, 5.41) is 2.57. The van der Waals surface area contributed by atoms with Crippen LogP contribution >= 0.6 is 11.6 Å². The standard InChI is InChI=1S/C17H18ClFN2O3/c1-4-5-11-14(17(23)24-3)9(2)20-15(11)16(22)21-10-6-7-13(19)12(18)8-10/h6-8,20H,4-5H2,1-3H3,(H,21,22). The number of carbonyl (C=O) groups excluding carboxylic acids is 2. The van der Waals surface area contributed by atoms with Gasteiger partial charge in [-0.05, 0) is 37.1 Å². The average Bonchev–Trinajstić information content (AvgIpc) is 2.87. The number of aromatic amines is 1. The Labute approximate surface area is 144 Å². The van der Waals surface area contributed by atoms with Crippen LogP contribution in [0.1, 0.15) is 45.4 Å². The van der Waals surface area contributed by atoms with Crippen molar-refractivity contribution in [2.45, 2.75) is 26.7 Å². The number of carbonyl (C=O) groups is 2. The second kappa shape index (κ2) is 7.49. The molecule has 2 N–H and O–H groups in total. The highest BCUT2D eigenvalue weighted by molar-refractivity contribution is 6.31. The normalized spacial score (nSPS) is 10.5. The predicted octanol–water partition coefficient (Wildman–Crippen LogP) is 4.11. The molecule has 0 aliphatic heterocycles. The van der Waals surface area contributed by atoms with Crippen molar-refractivity contribution in [3.8, 4) is 0 Å². The van der Waals surface area contributed by atoms with E-state index in [0.29, 0.717) is 28.9 Å². The Morgan fingerprint density at radius 1 is 1.38 bits per heavy atom. The molecule has 7 heteroatoms. The summed E-state index contributed by atoms with van der Waals surface area (Å²) in [5.74, 6) is -1.49. The Bertz CT molecular complexity index is 786. The molecule has 2 aromatic rings. The molecule has 0 aliphatic carbocycles. The number of halogens is 2. The molecule has 1 aromatic carbocycles. The number of hydrogen-bond acceptors (Lipinski definition) is 3. The minimum Gasteiger partial charge on any atom is -0.465 e. The Hall–Kier alpha value is -2.34. The molecular weight excluding hydrogens is 335 g/mol. The SMILES string of the molecule is CCCc1c(C(=O)Nc2ccc(F)c(Cl)c2)[nH]c(C)c1C(=O)OC. The maximum absolute atomic E-state index is 13.2. The Kier molecular flexibility index (Phi) is 5.62. The number of benzene rings is 1. The van der Waals surface area contributed by atoms with Crippen LogP contribution in [0, 0.1) is 12.7 Å². The van der Waals surface area contributed by atoms with Crippen LogP contribution in [0.25, 0.3) is 0 Å². The molecular formula is C17H18ClFN2O3. The molecule has 1 aromatic heterocycles. The lowest BCUT2D eigenvalue weighted by molar-refractivity contribution is 0.0599. The van der Waals surface area contributed by atoms with E-state index in [-0.39, 0.29) is 10.7 Å². The highest BCUT2D eigenvalue weighted by Gasteiger charge is 2.24. The molecule has 1 heterocycles. The van der Waals surface area contributed by atoms with Gasteiger partial charge in [-0.2, -0.15) is 0 Å². The van der Waals surface area contributed by atoms with E-state index in [1.165, 1.54) is 25.3 Å². The maximum Gasteiger partial charge on any atom is 0.339 e. The highest BCUT2D eigenvalue weighted by atomic mass is 35.5. The summed E-state index contributed by atoms with van der Waals surface area (Å²) in [4.78, 5) is 27.5. The van der Waals surface area contributed by atoms with Gasteiger partial charge in [-0.25, -0.2) is 9.18 Å². The van der Waals surface area contributed by atoms with Crippen LogP contribution in [0.2, 0.25) is 5.02 Å². The summed E-state index contributed by atoms with van der Waals surface area (Å²) in [7, 11) is 1.30. The molecule has 0 unspecified atom stereocenters. The Morgan fingerprint density at radius 2 is 2.08 bits per heavy atom. The smallest absolute Gasteiger partial charge is 0.339 e. The number of nitrogens with one attached hydrogen (secondary N) is 2. The molecule has 5 nitrogen and oxygen atoms in total. The largest absolute Gasteiger partial charge is 0.465 e. The van der Waals surface area contributed by atoms with E-state index in [1.54, 1.807) is 6.92 Å². The molecule has 2 rings (SSSR count). The van der Waals surface area contributed by atoms with Crippen LogP contribution < -0.4 is 5.32 Å². The van der Waals surface area contributed by atoms with Crippen LogP contribution in [0.3, 0.4) is 0 Å². The zero-order chi connectivity index (χ0) is 17.9. The first-order chi connectivity index (χ1) is 11.4. The number of esters is 1. The van der Waals surface area contributed by atoms with Crippen molar-refractivity contribution in [3.05, 3.63) is 51.6 Å². The molecule has 24 heavy (non-hydrogen) atoms. The maximum atomic E-state index is 13.2. The third-order valence-electron chi connectivity index (χ3n) is 3.59. The molecule has 0 bridgehead atoms. The summed E-state index contributed by atoms with van der Waals surface area (Å²) in [6, 6.07) is 3.91. The minimum absolute atomic E-state index is 0.0838. The third-order valence-corrected chi connectivity index (χ3v) is 3.87. The van der Waals surface area contributed by atoms with Crippen LogP contribution in [-0.4, -0.2) is 24.0 Å². The topological polar surface area (TPSA) is 71.2 Å². The monoisotopic (exact) mass is 352 g/mol. The van der Waals surface area contributed by atoms with Gasteiger partial charge in [-0.3, -0.25) is 4.79 Å². The van der Waals surface area contributed by atoms with Gasteiger partial charge in [-0.15, -0.1) is 0 Å². The number of aryl methyl sites for hydroxylation is 1. The van der Waals surface area contributed by atoms with Gasteiger partial charge in [0.15, 0.2) is 0 Å². The van der Waals surface area contributed by atoms with Gasteiger partial charge in [-0.1, -0.05) is 24.9 Å². The number of H-pyrrole nitrogens is 1. The number of aromatic nitrogens is 1. The quantitative estimate of drug-likeness (QED) is 0.795. The number of amides is 1. The molecule has 1 amide bonds. The van der Waals surface area contributed by atoms with Crippen LogP contribution in [0.4, 0.5) is 10.1 Å². The molecule has 0 saturated carbocycles. The van der Waals surface area contributed by atoms with Gasteiger partial charge in [0, 0.05) is 11.4 Å². The van der Waals surface area contributed by atoms with Gasteiger partial charge >= 0.3 is 5.97 Å². The van der Waals surface area contributed by atoms with E-state index < -0.39 is 17.7 Å². The molecule has 0 fully saturated rings. The fourth-order valence-corrected chi connectivity index (χ4v) is 2.70. The van der Waals surface area contributed by atoms with Crippen LogP contribution in [-0.2, 0) is 11.2 Å². The lowest BCUT2D eigenvalue weighted by Gasteiger charge is -2.08. The third kappa shape index (κ3) is 3.59. The minimum atomic E-state index is -0.565. The zero-order valence-corrected chi connectivity index (χ0v) is 14.4. The number of rotatable bonds is 5. The van der Waals surface area contributed by atoms with Crippen LogP contribution in [0.15, 0.2) is 18.2 Å². The first-order valence-electron chi connectivity index (χ1n) is 7.45. The van der Waals surface area contributed by atoms with Gasteiger partial charge in [0.2, 0.25) is 0 Å². The van der Waals surface area contributed by atoms with E-state index in [4.69, 9.17) is 16.3 Å². The van der Waals surface area contributed by atoms with E-state index >= 15 is 0 Å². The zero-order valence-electron chi connectivity index (χ0n) is 13.6. The molecule has 128 valence electrons. The molecule has 0 aliphatic rings. The van der Waals surface area contributed by atoms with Crippen molar-refractivity contribution in [2.24, 2.45) is 0 Å². The second-order valence-corrected chi connectivity index (χ2v) is 5.71. The summed E-state index contributed by atoms with van der Waals surface area (Å²) in [5.41, 5.74) is 2.19. The fourth-order valence-electron chi connectivity index (χ4n) is 2.52. The lowest BCUT2D eigenvalue weighted by atomic mass is 10.0. The van der Waals surface area contributed by atoms with Crippen molar-refractivity contribution in [3.63, 3.8) is 0 Å². The van der Waals surface area contributed by atoms with Gasteiger partial charge in [0.25, 0.3) is 5.91 Å². The summed E-state index contributed by atoms with van der Waals surface area (Å²) in [6.45, 7) is 3.65. The van der Waals surface area contributed by atoms with E-state index in [9.17, 15) is 14.0 Å². The number of ether oxygens (including phenoxy) is 1. The predicted molar refractivity (Wildman–Crippen MR) is 90.2 cm³/mol. The second-order valence-electron chi connectivity index (χ2n) is 5.30. The first-order valence-corrected chi connectivity index (χ1v) is 7.83.